The molecule has 0 radical (unpaired) electrons. The largest absolute Gasteiger partial charge is 0.399 e. The molecule has 0 aliphatic heterocycles. The second-order valence-corrected chi connectivity index (χ2v) is 4.70. The minimum absolute atomic E-state index is 0.0152. The van der Waals surface area contributed by atoms with Gasteiger partial charge in [0.15, 0.2) is 0 Å². The standard InChI is InChI=1S/C14H21N3O2/c1-10(2)17-14(19)9-16-13(18)8-7-11-5-3-4-6-12(11)15/h3-6,10H,7-9,15H2,1-2H3,(H,16,18)(H,17,19). The molecule has 0 fully saturated rings. The van der Waals surface area contributed by atoms with Crippen molar-refractivity contribution < 1.29 is 9.59 Å². The van der Waals surface area contributed by atoms with Crippen molar-refractivity contribution in [3.63, 3.8) is 0 Å². The van der Waals surface area contributed by atoms with Gasteiger partial charge < -0.3 is 16.4 Å². The van der Waals surface area contributed by atoms with Crippen LogP contribution in [0.15, 0.2) is 24.3 Å². The van der Waals surface area contributed by atoms with Gasteiger partial charge in [0.2, 0.25) is 11.8 Å². The lowest BCUT2D eigenvalue weighted by Crippen LogP contribution is -2.39. The Morgan fingerprint density at radius 1 is 1.21 bits per heavy atom. The Kier molecular flexibility index (Phi) is 5.85. The number of hydrogen-bond donors (Lipinski definition) is 3. The first-order valence-corrected chi connectivity index (χ1v) is 6.38. The first-order valence-electron chi connectivity index (χ1n) is 6.38. The molecule has 2 amide bonds. The first-order chi connectivity index (χ1) is 8.99. The van der Waals surface area contributed by atoms with Crippen molar-refractivity contribution in [2.45, 2.75) is 32.7 Å². The molecule has 0 spiro atoms. The minimum atomic E-state index is -0.178. The molecular weight excluding hydrogens is 242 g/mol. The lowest BCUT2D eigenvalue weighted by Gasteiger charge is -2.09. The van der Waals surface area contributed by atoms with Crippen LogP contribution in [0.25, 0.3) is 0 Å². The number of anilines is 1. The van der Waals surface area contributed by atoms with Crippen molar-refractivity contribution >= 4 is 17.5 Å². The fourth-order valence-corrected chi connectivity index (χ4v) is 1.65. The van der Waals surface area contributed by atoms with Gasteiger partial charge in [-0.2, -0.15) is 0 Å². The van der Waals surface area contributed by atoms with E-state index in [0.29, 0.717) is 18.5 Å². The molecule has 104 valence electrons. The highest BCUT2D eigenvalue weighted by Crippen LogP contribution is 2.12. The van der Waals surface area contributed by atoms with Gasteiger partial charge in [-0.15, -0.1) is 0 Å². The molecule has 0 aromatic heterocycles. The smallest absolute Gasteiger partial charge is 0.239 e. The zero-order chi connectivity index (χ0) is 14.3. The average Bonchev–Trinajstić information content (AvgIpc) is 2.34. The Hall–Kier alpha value is -2.04. The van der Waals surface area contributed by atoms with Gasteiger partial charge in [0.05, 0.1) is 6.54 Å². The van der Waals surface area contributed by atoms with Crippen molar-refractivity contribution in [3.8, 4) is 0 Å². The number of nitrogens with one attached hydrogen (secondary N) is 2. The van der Waals surface area contributed by atoms with Gasteiger partial charge in [-0.25, -0.2) is 0 Å². The number of carbonyl (C=O) groups excluding carboxylic acids is 2. The van der Waals surface area contributed by atoms with E-state index in [0.717, 1.165) is 5.56 Å². The molecule has 5 nitrogen and oxygen atoms in total. The van der Waals surface area contributed by atoms with Crippen LogP contribution >= 0.6 is 0 Å². The van der Waals surface area contributed by atoms with E-state index in [1.807, 2.05) is 38.1 Å². The Morgan fingerprint density at radius 3 is 2.53 bits per heavy atom. The summed E-state index contributed by atoms with van der Waals surface area (Å²) in [6.07, 6.45) is 0.896. The van der Waals surface area contributed by atoms with Gasteiger partial charge >= 0.3 is 0 Å². The predicted molar refractivity (Wildman–Crippen MR) is 75.5 cm³/mol. The monoisotopic (exact) mass is 263 g/mol. The summed E-state index contributed by atoms with van der Waals surface area (Å²) in [5.41, 5.74) is 7.42. The second-order valence-electron chi connectivity index (χ2n) is 4.70. The van der Waals surface area contributed by atoms with Crippen molar-refractivity contribution in [3.05, 3.63) is 29.8 Å². The third kappa shape index (κ3) is 5.90. The molecule has 1 aromatic rings. The third-order valence-electron chi connectivity index (χ3n) is 2.57. The predicted octanol–water partition coefficient (Wildman–Crippen LogP) is 0.842. The van der Waals surface area contributed by atoms with Crippen molar-refractivity contribution in [1.82, 2.24) is 10.6 Å². The summed E-state index contributed by atoms with van der Waals surface area (Å²) in [5, 5.41) is 5.29. The SMILES string of the molecule is CC(C)NC(=O)CNC(=O)CCc1ccccc1N. The quantitative estimate of drug-likeness (QED) is 0.665. The lowest BCUT2D eigenvalue weighted by molar-refractivity contribution is -0.126. The highest BCUT2D eigenvalue weighted by atomic mass is 16.2. The van der Waals surface area contributed by atoms with Crippen LogP contribution in [0.5, 0.6) is 0 Å². The van der Waals surface area contributed by atoms with Crippen molar-refractivity contribution in [2.24, 2.45) is 0 Å². The number of nitrogens with two attached hydrogens (primary N) is 1. The van der Waals surface area contributed by atoms with Crippen LogP contribution in [0.2, 0.25) is 0 Å². The van der Waals surface area contributed by atoms with E-state index in [4.69, 9.17) is 5.73 Å². The number of para-hydroxylation sites is 1. The van der Waals surface area contributed by atoms with Gasteiger partial charge in [0, 0.05) is 18.2 Å². The van der Waals surface area contributed by atoms with Crippen LogP contribution in [0, 0.1) is 0 Å². The molecule has 0 saturated carbocycles. The van der Waals surface area contributed by atoms with E-state index in [1.165, 1.54) is 0 Å². The fourth-order valence-electron chi connectivity index (χ4n) is 1.65. The minimum Gasteiger partial charge on any atom is -0.399 e. The number of benzene rings is 1. The Balaban J connectivity index is 2.29. The number of carbonyl (C=O) groups is 2. The van der Waals surface area contributed by atoms with E-state index in [1.54, 1.807) is 0 Å². The molecule has 0 heterocycles. The van der Waals surface area contributed by atoms with E-state index in [9.17, 15) is 9.59 Å². The zero-order valence-corrected chi connectivity index (χ0v) is 11.4. The second kappa shape index (κ2) is 7.41. The molecule has 1 rings (SSSR count). The van der Waals surface area contributed by atoms with Gasteiger partial charge in [-0.05, 0) is 31.9 Å². The molecule has 0 aliphatic carbocycles. The Bertz CT molecular complexity index is 444. The molecule has 5 heteroatoms. The van der Waals surface area contributed by atoms with Crippen molar-refractivity contribution in [2.75, 3.05) is 12.3 Å². The molecule has 0 saturated heterocycles. The average molecular weight is 263 g/mol. The highest BCUT2D eigenvalue weighted by Gasteiger charge is 2.07. The summed E-state index contributed by atoms with van der Waals surface area (Å²) in [5.74, 6) is -0.329. The lowest BCUT2D eigenvalue weighted by atomic mass is 10.1. The van der Waals surface area contributed by atoms with Crippen LogP contribution in [0.1, 0.15) is 25.8 Å². The maximum atomic E-state index is 11.6. The summed E-state index contributed by atoms with van der Waals surface area (Å²) in [6, 6.07) is 7.53. The highest BCUT2D eigenvalue weighted by molar-refractivity contribution is 5.84. The van der Waals surface area contributed by atoms with E-state index in [2.05, 4.69) is 10.6 Å². The molecule has 4 N–H and O–H groups in total. The summed E-state index contributed by atoms with van der Waals surface area (Å²) in [6.45, 7) is 3.76. The Morgan fingerprint density at radius 2 is 1.89 bits per heavy atom. The van der Waals surface area contributed by atoms with Crippen LogP contribution < -0.4 is 16.4 Å². The van der Waals surface area contributed by atoms with Crippen molar-refractivity contribution in [1.29, 1.82) is 0 Å². The molecule has 1 aromatic carbocycles. The maximum absolute atomic E-state index is 11.6. The van der Waals surface area contributed by atoms with Gasteiger partial charge in [-0.1, -0.05) is 18.2 Å². The van der Waals surface area contributed by atoms with Crippen LogP contribution in [0.4, 0.5) is 5.69 Å². The number of amides is 2. The molecule has 0 unspecified atom stereocenters. The van der Waals surface area contributed by atoms with Crippen LogP contribution in [-0.4, -0.2) is 24.4 Å². The zero-order valence-electron chi connectivity index (χ0n) is 11.4. The van der Waals surface area contributed by atoms with E-state index >= 15 is 0 Å². The normalized spacial score (nSPS) is 10.3. The molecule has 0 atom stereocenters. The van der Waals surface area contributed by atoms with Gasteiger partial charge in [-0.3, -0.25) is 9.59 Å². The summed E-state index contributed by atoms with van der Waals surface area (Å²) in [4.78, 5) is 22.9. The number of aryl methyl sites for hydroxylation is 1. The first kappa shape index (κ1) is 15.0. The number of nitrogen functional groups attached to an aromatic ring is 1. The maximum Gasteiger partial charge on any atom is 0.239 e. The Labute approximate surface area is 113 Å². The molecule has 0 bridgehead atoms. The third-order valence-corrected chi connectivity index (χ3v) is 2.57. The topological polar surface area (TPSA) is 84.2 Å². The van der Waals surface area contributed by atoms with E-state index < -0.39 is 0 Å². The number of rotatable bonds is 6. The summed E-state index contributed by atoms with van der Waals surface area (Å²) >= 11 is 0. The molecular formula is C14H21N3O2. The molecule has 0 aliphatic rings. The summed E-state index contributed by atoms with van der Waals surface area (Å²) < 4.78 is 0. The summed E-state index contributed by atoms with van der Waals surface area (Å²) in [7, 11) is 0. The van der Waals surface area contributed by atoms with Crippen LogP contribution in [-0.2, 0) is 16.0 Å². The van der Waals surface area contributed by atoms with Gasteiger partial charge in [0.1, 0.15) is 0 Å². The fraction of sp³-hybridized carbons (Fsp3) is 0.429. The van der Waals surface area contributed by atoms with Crippen LogP contribution in [0.3, 0.4) is 0 Å². The molecule has 19 heavy (non-hydrogen) atoms. The number of hydrogen-bond acceptors (Lipinski definition) is 3. The van der Waals surface area contributed by atoms with E-state index in [-0.39, 0.29) is 24.4 Å². The van der Waals surface area contributed by atoms with Gasteiger partial charge in [0.25, 0.3) is 0 Å².